The molecule has 0 spiro atoms. The number of nitrogens with one attached hydrogen (secondary N) is 1. The highest BCUT2D eigenvalue weighted by Crippen LogP contribution is 2.35. The Kier molecular flexibility index (Phi) is 4.96. The maximum Gasteiger partial charge on any atom is 0.251 e. The molecule has 3 aromatic rings. The topological polar surface area (TPSA) is 116 Å². The molecule has 1 saturated heterocycles. The summed E-state index contributed by atoms with van der Waals surface area (Å²) in [6, 6.07) is 5.88. The monoisotopic (exact) mass is 422 g/mol. The number of aryl methyl sites for hydroxylation is 1. The minimum Gasteiger partial charge on any atom is -0.383 e. The van der Waals surface area contributed by atoms with Gasteiger partial charge in [-0.15, -0.1) is 0 Å². The number of nitrogens with zero attached hydrogens (tertiary/aromatic N) is 5. The van der Waals surface area contributed by atoms with E-state index in [9.17, 15) is 15.1 Å². The first-order valence-electron chi connectivity index (χ1n) is 10.7. The van der Waals surface area contributed by atoms with Crippen molar-refractivity contribution in [3.63, 3.8) is 0 Å². The predicted octanol–water partition coefficient (Wildman–Crippen LogP) is 2.08. The van der Waals surface area contributed by atoms with Gasteiger partial charge in [0.1, 0.15) is 29.5 Å². The highest BCUT2D eigenvalue weighted by atomic mass is 16.5. The molecule has 9 heteroatoms. The fraction of sp³-hybridized carbons (Fsp3) is 0.455. The number of hydrogen-bond acceptors (Lipinski definition) is 7. The molecule has 1 atom stereocenters. The first kappa shape index (κ1) is 20.0. The molecule has 0 bridgehead atoms. The Balaban J connectivity index is 1.55. The van der Waals surface area contributed by atoms with Gasteiger partial charge in [-0.2, -0.15) is 5.06 Å². The zero-order valence-corrected chi connectivity index (χ0v) is 17.5. The molecule has 9 nitrogen and oxygen atoms in total. The molecule has 2 fully saturated rings. The van der Waals surface area contributed by atoms with Crippen LogP contribution in [0.15, 0.2) is 30.9 Å². The highest BCUT2D eigenvalue weighted by Gasteiger charge is 2.36. The van der Waals surface area contributed by atoms with Crippen molar-refractivity contribution >= 4 is 17.1 Å². The smallest absolute Gasteiger partial charge is 0.251 e. The largest absolute Gasteiger partial charge is 0.383 e. The van der Waals surface area contributed by atoms with Gasteiger partial charge in [-0.1, -0.05) is 6.07 Å². The van der Waals surface area contributed by atoms with E-state index < -0.39 is 5.60 Å². The van der Waals surface area contributed by atoms with E-state index in [1.165, 1.54) is 11.4 Å². The van der Waals surface area contributed by atoms with Crippen molar-refractivity contribution in [1.29, 1.82) is 0 Å². The van der Waals surface area contributed by atoms with Crippen molar-refractivity contribution in [2.45, 2.75) is 50.7 Å². The van der Waals surface area contributed by atoms with E-state index in [2.05, 4.69) is 20.3 Å². The van der Waals surface area contributed by atoms with Crippen LogP contribution in [0.1, 0.15) is 53.7 Å². The fourth-order valence-corrected chi connectivity index (χ4v) is 4.20. The summed E-state index contributed by atoms with van der Waals surface area (Å²) in [5.41, 5.74) is 2.78. The standard InChI is InChI=1S/C22H26N6O3/c1-14-3-4-15(21(29)26-16-5-6-16)11-17(14)28-13-25-18-19(23-12-24-20(18)28)22(30)7-2-9-27(31)10-8-22/h3-4,11-13,16,30-31H,2,5-10H2,1H3,(H,26,29). The Hall–Kier alpha value is -2.88. The van der Waals surface area contributed by atoms with E-state index in [0.29, 0.717) is 54.8 Å². The quantitative estimate of drug-likeness (QED) is 0.589. The van der Waals surface area contributed by atoms with Gasteiger partial charge in [-0.05, 0) is 56.7 Å². The number of aromatic nitrogens is 4. The summed E-state index contributed by atoms with van der Waals surface area (Å²) in [6.07, 6.45) is 6.66. The summed E-state index contributed by atoms with van der Waals surface area (Å²) in [7, 11) is 0. The third-order valence-electron chi connectivity index (χ3n) is 6.21. The molecule has 1 saturated carbocycles. The van der Waals surface area contributed by atoms with Crippen LogP contribution in [0.3, 0.4) is 0 Å². The van der Waals surface area contributed by atoms with Gasteiger partial charge >= 0.3 is 0 Å². The molecule has 1 unspecified atom stereocenters. The lowest BCUT2D eigenvalue weighted by Gasteiger charge is -2.25. The second-order valence-corrected chi connectivity index (χ2v) is 8.60. The van der Waals surface area contributed by atoms with Crippen molar-refractivity contribution in [3.05, 3.63) is 47.7 Å². The number of imidazole rings is 1. The number of aliphatic hydroxyl groups is 1. The maximum absolute atomic E-state index is 12.5. The molecule has 1 aliphatic heterocycles. The van der Waals surface area contributed by atoms with E-state index in [0.717, 1.165) is 24.1 Å². The molecule has 2 aromatic heterocycles. The van der Waals surface area contributed by atoms with Gasteiger partial charge in [0.05, 0.1) is 5.69 Å². The molecule has 1 aliphatic carbocycles. The first-order valence-corrected chi connectivity index (χ1v) is 10.7. The number of fused-ring (bicyclic) bond motifs is 1. The van der Waals surface area contributed by atoms with Crippen LogP contribution in [0.5, 0.6) is 0 Å². The Labute approximate surface area is 179 Å². The van der Waals surface area contributed by atoms with Crippen LogP contribution in [-0.4, -0.2) is 59.9 Å². The van der Waals surface area contributed by atoms with Crippen LogP contribution in [0.2, 0.25) is 0 Å². The molecule has 0 radical (unpaired) electrons. The number of hydroxylamine groups is 2. The summed E-state index contributed by atoms with van der Waals surface area (Å²) in [4.78, 5) is 25.9. The predicted molar refractivity (Wildman–Crippen MR) is 113 cm³/mol. The summed E-state index contributed by atoms with van der Waals surface area (Å²) in [6.45, 7) is 2.85. The summed E-state index contributed by atoms with van der Waals surface area (Å²) >= 11 is 0. The molecule has 1 amide bonds. The van der Waals surface area contributed by atoms with Crippen molar-refractivity contribution in [3.8, 4) is 5.69 Å². The van der Waals surface area contributed by atoms with Gasteiger partial charge < -0.3 is 15.6 Å². The zero-order chi connectivity index (χ0) is 21.6. The van der Waals surface area contributed by atoms with Crippen LogP contribution in [0.4, 0.5) is 0 Å². The van der Waals surface area contributed by atoms with E-state index >= 15 is 0 Å². The third-order valence-corrected chi connectivity index (χ3v) is 6.21. The van der Waals surface area contributed by atoms with Gasteiger partial charge in [0.2, 0.25) is 0 Å². The Bertz CT molecular complexity index is 1140. The van der Waals surface area contributed by atoms with Gasteiger partial charge in [0.25, 0.3) is 5.91 Å². The van der Waals surface area contributed by atoms with E-state index in [-0.39, 0.29) is 11.9 Å². The van der Waals surface area contributed by atoms with Crippen molar-refractivity contribution < 1.29 is 15.1 Å². The van der Waals surface area contributed by atoms with Crippen molar-refractivity contribution in [2.75, 3.05) is 13.1 Å². The summed E-state index contributed by atoms with van der Waals surface area (Å²) in [5.74, 6) is -0.0789. The molecule has 31 heavy (non-hydrogen) atoms. The maximum atomic E-state index is 12.5. The van der Waals surface area contributed by atoms with Crippen LogP contribution < -0.4 is 5.32 Å². The molecular weight excluding hydrogens is 396 g/mol. The molecule has 2 aliphatic rings. The number of benzene rings is 1. The minimum atomic E-state index is -1.18. The molecule has 1 aromatic carbocycles. The van der Waals surface area contributed by atoms with Gasteiger partial charge in [-0.25, -0.2) is 15.0 Å². The van der Waals surface area contributed by atoms with Crippen molar-refractivity contribution in [1.82, 2.24) is 29.9 Å². The molecule has 5 rings (SSSR count). The first-order chi connectivity index (χ1) is 14.9. The van der Waals surface area contributed by atoms with Crippen LogP contribution in [0, 0.1) is 6.92 Å². The number of amides is 1. The second-order valence-electron chi connectivity index (χ2n) is 8.60. The molecule has 3 heterocycles. The normalized spacial score (nSPS) is 22.4. The van der Waals surface area contributed by atoms with Crippen LogP contribution >= 0.6 is 0 Å². The molecule has 3 N–H and O–H groups in total. The average molecular weight is 422 g/mol. The lowest BCUT2D eigenvalue weighted by molar-refractivity contribution is -0.0934. The highest BCUT2D eigenvalue weighted by molar-refractivity contribution is 5.95. The lowest BCUT2D eigenvalue weighted by atomic mass is 9.90. The number of rotatable bonds is 4. The molecule has 162 valence electrons. The summed E-state index contributed by atoms with van der Waals surface area (Å²) < 4.78 is 1.84. The van der Waals surface area contributed by atoms with Crippen LogP contribution in [-0.2, 0) is 5.60 Å². The number of carbonyl (C=O) groups excluding carboxylic acids is 1. The third kappa shape index (κ3) is 3.80. The number of carbonyl (C=O) groups is 1. The lowest BCUT2D eigenvalue weighted by Crippen LogP contribution is -2.29. The van der Waals surface area contributed by atoms with Gasteiger partial charge in [0, 0.05) is 24.7 Å². The SMILES string of the molecule is Cc1ccc(C(=O)NC2CC2)cc1-n1cnc2c(C3(O)CCCN(O)CC3)ncnc21. The van der Waals surface area contributed by atoms with E-state index in [1.807, 2.05) is 29.7 Å². The van der Waals surface area contributed by atoms with Gasteiger partial charge in [-0.3, -0.25) is 9.36 Å². The molecular formula is C22H26N6O3. The Morgan fingerprint density at radius 1 is 1.19 bits per heavy atom. The second kappa shape index (κ2) is 7.67. The van der Waals surface area contributed by atoms with Gasteiger partial charge in [0.15, 0.2) is 5.65 Å². The number of hydrogen-bond donors (Lipinski definition) is 3. The van der Waals surface area contributed by atoms with E-state index in [4.69, 9.17) is 0 Å². The van der Waals surface area contributed by atoms with Crippen molar-refractivity contribution in [2.24, 2.45) is 0 Å². The zero-order valence-electron chi connectivity index (χ0n) is 17.5. The van der Waals surface area contributed by atoms with Crippen LogP contribution in [0.25, 0.3) is 16.9 Å². The average Bonchev–Trinajstić information content (AvgIpc) is 3.50. The Morgan fingerprint density at radius 3 is 2.84 bits per heavy atom. The summed E-state index contributed by atoms with van der Waals surface area (Å²) in [5, 5.41) is 25.4. The fourth-order valence-electron chi connectivity index (χ4n) is 4.20. The Morgan fingerprint density at radius 2 is 2.03 bits per heavy atom. The minimum absolute atomic E-state index is 0.0789. The van der Waals surface area contributed by atoms with E-state index in [1.54, 1.807) is 6.33 Å².